The molecule has 1 unspecified atom stereocenters. The highest BCUT2D eigenvalue weighted by molar-refractivity contribution is 7.09. The Morgan fingerprint density at radius 1 is 1.64 bits per heavy atom. The van der Waals surface area contributed by atoms with Crippen LogP contribution in [-0.2, 0) is 6.42 Å². The van der Waals surface area contributed by atoms with Gasteiger partial charge in [0.1, 0.15) is 11.1 Å². The first kappa shape index (κ1) is 11.6. The van der Waals surface area contributed by atoms with Crippen molar-refractivity contribution < 1.29 is 5.11 Å². The molecular formula is C10H18N2OS. The lowest BCUT2D eigenvalue weighted by Gasteiger charge is -2.05. The molecule has 0 radical (unpaired) electrons. The molecule has 1 heterocycles. The molecule has 80 valence electrons. The molecule has 1 atom stereocenters. The standard InChI is InChI=1S/C10H18N2OS/c1-2-3-4-9(13)10-12-8(5-6-11)7-14-10/h7,9,13H,2-6,11H2,1H3. The highest BCUT2D eigenvalue weighted by Gasteiger charge is 2.11. The summed E-state index contributed by atoms with van der Waals surface area (Å²) in [6.07, 6.45) is 3.39. The van der Waals surface area contributed by atoms with Gasteiger partial charge in [-0.1, -0.05) is 19.8 Å². The molecule has 0 saturated carbocycles. The molecule has 1 rings (SSSR count). The summed E-state index contributed by atoms with van der Waals surface area (Å²) < 4.78 is 0. The first-order valence-electron chi connectivity index (χ1n) is 5.10. The molecule has 0 saturated heterocycles. The number of aliphatic hydroxyl groups excluding tert-OH is 1. The number of thiazole rings is 1. The van der Waals surface area contributed by atoms with Crippen LogP contribution in [0.2, 0.25) is 0 Å². The van der Waals surface area contributed by atoms with Gasteiger partial charge in [-0.3, -0.25) is 0 Å². The van der Waals surface area contributed by atoms with E-state index in [4.69, 9.17) is 5.73 Å². The molecule has 3 nitrogen and oxygen atoms in total. The third kappa shape index (κ3) is 3.36. The lowest BCUT2D eigenvalue weighted by atomic mass is 10.2. The summed E-state index contributed by atoms with van der Waals surface area (Å²) in [5.74, 6) is 0. The summed E-state index contributed by atoms with van der Waals surface area (Å²) in [4.78, 5) is 4.34. The molecule has 0 spiro atoms. The highest BCUT2D eigenvalue weighted by Crippen LogP contribution is 2.22. The summed E-state index contributed by atoms with van der Waals surface area (Å²) in [7, 11) is 0. The number of nitrogens with two attached hydrogens (primary N) is 1. The van der Waals surface area contributed by atoms with Gasteiger partial charge in [-0.05, 0) is 13.0 Å². The maximum Gasteiger partial charge on any atom is 0.121 e. The first-order valence-corrected chi connectivity index (χ1v) is 5.98. The normalized spacial score (nSPS) is 13.1. The zero-order valence-electron chi connectivity index (χ0n) is 8.57. The summed E-state index contributed by atoms with van der Waals surface area (Å²) in [5.41, 5.74) is 6.43. The lowest BCUT2D eigenvalue weighted by molar-refractivity contribution is 0.163. The second kappa shape index (κ2) is 6.11. The Labute approximate surface area is 89.0 Å². The Hall–Kier alpha value is -0.450. The zero-order valence-corrected chi connectivity index (χ0v) is 9.39. The molecule has 0 aliphatic heterocycles. The van der Waals surface area contributed by atoms with E-state index < -0.39 is 0 Å². The summed E-state index contributed by atoms with van der Waals surface area (Å²) in [6.45, 7) is 2.74. The monoisotopic (exact) mass is 214 g/mol. The van der Waals surface area contributed by atoms with Gasteiger partial charge in [0.15, 0.2) is 0 Å². The fraction of sp³-hybridized carbons (Fsp3) is 0.700. The van der Waals surface area contributed by atoms with E-state index >= 15 is 0 Å². The predicted molar refractivity (Wildman–Crippen MR) is 59.4 cm³/mol. The van der Waals surface area contributed by atoms with Gasteiger partial charge in [0, 0.05) is 11.8 Å². The van der Waals surface area contributed by atoms with E-state index in [1.807, 2.05) is 5.38 Å². The van der Waals surface area contributed by atoms with Gasteiger partial charge >= 0.3 is 0 Å². The third-order valence-electron chi connectivity index (χ3n) is 2.09. The van der Waals surface area contributed by atoms with Crippen LogP contribution in [0.15, 0.2) is 5.38 Å². The van der Waals surface area contributed by atoms with Gasteiger partial charge < -0.3 is 10.8 Å². The summed E-state index contributed by atoms with van der Waals surface area (Å²) >= 11 is 1.53. The van der Waals surface area contributed by atoms with Crippen LogP contribution in [0.1, 0.15) is 43.0 Å². The van der Waals surface area contributed by atoms with Gasteiger partial charge in [-0.15, -0.1) is 11.3 Å². The van der Waals surface area contributed by atoms with Crippen LogP contribution in [0.25, 0.3) is 0 Å². The molecule has 3 N–H and O–H groups in total. The minimum atomic E-state index is -0.383. The molecule has 0 amide bonds. The van der Waals surface area contributed by atoms with E-state index in [1.54, 1.807) is 0 Å². The van der Waals surface area contributed by atoms with Gasteiger partial charge in [0.05, 0.1) is 5.69 Å². The van der Waals surface area contributed by atoms with E-state index in [0.29, 0.717) is 6.54 Å². The Morgan fingerprint density at radius 3 is 3.07 bits per heavy atom. The first-order chi connectivity index (χ1) is 6.77. The quantitative estimate of drug-likeness (QED) is 0.760. The van der Waals surface area contributed by atoms with E-state index in [1.165, 1.54) is 11.3 Å². The van der Waals surface area contributed by atoms with Crippen molar-refractivity contribution >= 4 is 11.3 Å². The number of unbranched alkanes of at least 4 members (excludes halogenated alkanes) is 1. The maximum absolute atomic E-state index is 9.75. The van der Waals surface area contributed by atoms with E-state index in [9.17, 15) is 5.11 Å². The number of aromatic nitrogens is 1. The average Bonchev–Trinajstić information content (AvgIpc) is 2.63. The number of hydrogen-bond donors (Lipinski definition) is 2. The highest BCUT2D eigenvalue weighted by atomic mass is 32.1. The zero-order chi connectivity index (χ0) is 10.4. The van der Waals surface area contributed by atoms with Crippen molar-refractivity contribution in [1.29, 1.82) is 0 Å². The molecular weight excluding hydrogens is 196 g/mol. The smallest absolute Gasteiger partial charge is 0.121 e. The van der Waals surface area contributed by atoms with Crippen LogP contribution in [0.4, 0.5) is 0 Å². The lowest BCUT2D eigenvalue weighted by Crippen LogP contribution is -2.03. The molecule has 1 aromatic heterocycles. The predicted octanol–water partition coefficient (Wildman–Crippen LogP) is 1.87. The minimum absolute atomic E-state index is 0.383. The van der Waals surface area contributed by atoms with Crippen molar-refractivity contribution in [1.82, 2.24) is 4.98 Å². The fourth-order valence-electron chi connectivity index (χ4n) is 1.26. The number of hydrogen-bond acceptors (Lipinski definition) is 4. The number of aliphatic hydroxyl groups is 1. The third-order valence-corrected chi connectivity index (χ3v) is 3.08. The van der Waals surface area contributed by atoms with E-state index in [0.717, 1.165) is 36.4 Å². The maximum atomic E-state index is 9.75. The van der Waals surface area contributed by atoms with Crippen LogP contribution >= 0.6 is 11.3 Å². The van der Waals surface area contributed by atoms with Crippen molar-refractivity contribution in [2.24, 2.45) is 5.73 Å². The van der Waals surface area contributed by atoms with Gasteiger partial charge in [0.25, 0.3) is 0 Å². The van der Waals surface area contributed by atoms with Gasteiger partial charge in [-0.25, -0.2) is 4.98 Å². The van der Waals surface area contributed by atoms with E-state index in [2.05, 4.69) is 11.9 Å². The van der Waals surface area contributed by atoms with Crippen molar-refractivity contribution in [3.05, 3.63) is 16.1 Å². The molecule has 0 aliphatic carbocycles. The molecule has 0 fully saturated rings. The Bertz CT molecular complexity index is 262. The topological polar surface area (TPSA) is 59.1 Å². The van der Waals surface area contributed by atoms with Crippen LogP contribution in [0.5, 0.6) is 0 Å². The largest absolute Gasteiger partial charge is 0.386 e. The van der Waals surface area contributed by atoms with E-state index in [-0.39, 0.29) is 6.10 Å². The average molecular weight is 214 g/mol. The summed E-state index contributed by atoms with van der Waals surface area (Å²) in [6, 6.07) is 0. The molecule has 0 aromatic carbocycles. The molecule has 0 aliphatic rings. The molecule has 1 aromatic rings. The van der Waals surface area contributed by atoms with Crippen molar-refractivity contribution in [3.63, 3.8) is 0 Å². The minimum Gasteiger partial charge on any atom is -0.386 e. The second-order valence-electron chi connectivity index (χ2n) is 3.37. The SMILES string of the molecule is CCCCC(O)c1nc(CCN)cs1. The van der Waals surface area contributed by atoms with Gasteiger partial charge in [0.2, 0.25) is 0 Å². The Kier molecular flexibility index (Phi) is 5.07. The molecule has 4 heteroatoms. The second-order valence-corrected chi connectivity index (χ2v) is 4.26. The Morgan fingerprint density at radius 2 is 2.43 bits per heavy atom. The fourth-order valence-corrected chi connectivity index (χ4v) is 2.13. The number of rotatable bonds is 6. The molecule has 0 bridgehead atoms. The van der Waals surface area contributed by atoms with Crippen LogP contribution in [-0.4, -0.2) is 16.6 Å². The molecule has 14 heavy (non-hydrogen) atoms. The van der Waals surface area contributed by atoms with Crippen LogP contribution in [0, 0.1) is 0 Å². The van der Waals surface area contributed by atoms with Crippen LogP contribution < -0.4 is 5.73 Å². The number of nitrogens with zero attached hydrogens (tertiary/aromatic N) is 1. The Balaban J connectivity index is 2.48. The van der Waals surface area contributed by atoms with Crippen LogP contribution in [0.3, 0.4) is 0 Å². The summed E-state index contributed by atoms with van der Waals surface area (Å²) in [5, 5.41) is 12.6. The van der Waals surface area contributed by atoms with Gasteiger partial charge in [-0.2, -0.15) is 0 Å². The van der Waals surface area contributed by atoms with Crippen molar-refractivity contribution in [2.45, 2.75) is 38.7 Å². The van der Waals surface area contributed by atoms with Crippen molar-refractivity contribution in [3.8, 4) is 0 Å². The van der Waals surface area contributed by atoms with Crippen molar-refractivity contribution in [2.75, 3.05) is 6.54 Å².